The number of amides is 2. The van der Waals surface area contributed by atoms with Crippen LogP contribution in [0.15, 0.2) is 24.3 Å². The molecule has 0 aliphatic carbocycles. The summed E-state index contributed by atoms with van der Waals surface area (Å²) >= 11 is 0. The predicted octanol–water partition coefficient (Wildman–Crippen LogP) is 2.56. The van der Waals surface area contributed by atoms with Crippen LogP contribution in [0.1, 0.15) is 44.6 Å². The van der Waals surface area contributed by atoms with Crippen molar-refractivity contribution in [3.63, 3.8) is 0 Å². The lowest BCUT2D eigenvalue weighted by molar-refractivity contribution is -0.149. The van der Waals surface area contributed by atoms with Crippen molar-refractivity contribution in [2.24, 2.45) is 0 Å². The molecule has 0 saturated carbocycles. The van der Waals surface area contributed by atoms with Gasteiger partial charge in [0.05, 0.1) is 21.3 Å². The van der Waals surface area contributed by atoms with Gasteiger partial charge in [-0.1, -0.05) is 25.8 Å². The van der Waals surface area contributed by atoms with Gasteiger partial charge in [-0.15, -0.1) is 0 Å². The van der Waals surface area contributed by atoms with E-state index in [1.54, 1.807) is 38.5 Å². The molecule has 0 aromatic heterocycles. The SMILES string of the molecule is CCCCCC(=O)NC1CC(C(=O)OC)N(C(=O)/C=C/c2ccc(OC)c(OC)c2)C1. The average Bonchev–Trinajstić information content (AvgIpc) is 3.20. The van der Waals surface area contributed by atoms with Gasteiger partial charge in [0.15, 0.2) is 11.5 Å². The van der Waals surface area contributed by atoms with Gasteiger partial charge in [0.1, 0.15) is 6.04 Å². The Labute approximate surface area is 183 Å². The summed E-state index contributed by atoms with van der Waals surface area (Å²) in [6, 6.07) is 4.29. The number of rotatable bonds is 10. The van der Waals surface area contributed by atoms with Crippen molar-refractivity contribution < 1.29 is 28.6 Å². The molecule has 2 amide bonds. The molecule has 8 heteroatoms. The van der Waals surface area contributed by atoms with E-state index in [0.29, 0.717) is 24.3 Å². The largest absolute Gasteiger partial charge is 0.493 e. The maximum Gasteiger partial charge on any atom is 0.328 e. The third-order valence-corrected chi connectivity index (χ3v) is 5.26. The number of carbonyl (C=O) groups excluding carboxylic acids is 3. The zero-order valence-corrected chi connectivity index (χ0v) is 18.7. The third kappa shape index (κ3) is 6.73. The summed E-state index contributed by atoms with van der Waals surface area (Å²) in [5.41, 5.74) is 0.751. The molecular weight excluding hydrogens is 400 g/mol. The molecule has 2 unspecified atom stereocenters. The summed E-state index contributed by atoms with van der Waals surface area (Å²) in [5.74, 6) is 0.270. The number of nitrogens with zero attached hydrogens (tertiary/aromatic N) is 1. The molecule has 1 saturated heterocycles. The molecule has 1 fully saturated rings. The predicted molar refractivity (Wildman–Crippen MR) is 117 cm³/mol. The monoisotopic (exact) mass is 432 g/mol. The molecule has 1 N–H and O–H groups in total. The second kappa shape index (κ2) is 12.0. The van der Waals surface area contributed by atoms with Crippen LogP contribution < -0.4 is 14.8 Å². The van der Waals surface area contributed by atoms with E-state index in [0.717, 1.165) is 24.8 Å². The molecule has 0 radical (unpaired) electrons. The Morgan fingerprint density at radius 1 is 1.13 bits per heavy atom. The molecule has 1 aromatic carbocycles. The molecule has 1 aliphatic heterocycles. The van der Waals surface area contributed by atoms with Crippen LogP contribution in [0.3, 0.4) is 0 Å². The fraction of sp³-hybridized carbons (Fsp3) is 0.522. The Bertz CT molecular complexity index is 807. The van der Waals surface area contributed by atoms with Gasteiger partial charge in [-0.05, 0) is 30.2 Å². The van der Waals surface area contributed by atoms with E-state index in [1.807, 2.05) is 0 Å². The minimum Gasteiger partial charge on any atom is -0.493 e. The Kier molecular flexibility index (Phi) is 9.37. The van der Waals surface area contributed by atoms with Crippen molar-refractivity contribution in [2.75, 3.05) is 27.9 Å². The van der Waals surface area contributed by atoms with Crippen molar-refractivity contribution in [3.05, 3.63) is 29.8 Å². The molecule has 8 nitrogen and oxygen atoms in total. The first-order chi connectivity index (χ1) is 14.9. The van der Waals surface area contributed by atoms with Crippen LogP contribution >= 0.6 is 0 Å². The highest BCUT2D eigenvalue weighted by molar-refractivity contribution is 5.95. The highest BCUT2D eigenvalue weighted by Crippen LogP contribution is 2.28. The quantitative estimate of drug-likeness (QED) is 0.347. The highest BCUT2D eigenvalue weighted by Gasteiger charge is 2.40. The van der Waals surface area contributed by atoms with Crippen molar-refractivity contribution in [1.29, 1.82) is 0 Å². The topological polar surface area (TPSA) is 94.2 Å². The van der Waals surface area contributed by atoms with E-state index < -0.39 is 12.0 Å². The summed E-state index contributed by atoms with van der Waals surface area (Å²) in [6.07, 6.45) is 6.69. The minimum absolute atomic E-state index is 0.0581. The van der Waals surface area contributed by atoms with Crippen LogP contribution in [0.25, 0.3) is 6.08 Å². The number of carbonyl (C=O) groups is 3. The number of unbranched alkanes of at least 4 members (excludes halogenated alkanes) is 2. The number of hydrogen-bond donors (Lipinski definition) is 1. The molecule has 31 heavy (non-hydrogen) atoms. The zero-order chi connectivity index (χ0) is 22.8. The van der Waals surface area contributed by atoms with E-state index >= 15 is 0 Å². The number of benzene rings is 1. The molecule has 1 aliphatic rings. The third-order valence-electron chi connectivity index (χ3n) is 5.26. The van der Waals surface area contributed by atoms with Gasteiger partial charge in [0, 0.05) is 31.5 Å². The first-order valence-corrected chi connectivity index (χ1v) is 10.5. The van der Waals surface area contributed by atoms with Crippen molar-refractivity contribution in [3.8, 4) is 11.5 Å². The maximum absolute atomic E-state index is 12.8. The van der Waals surface area contributed by atoms with Gasteiger partial charge in [-0.3, -0.25) is 9.59 Å². The summed E-state index contributed by atoms with van der Waals surface area (Å²) in [5, 5.41) is 2.94. The van der Waals surface area contributed by atoms with Crippen LogP contribution in [0.2, 0.25) is 0 Å². The number of likely N-dealkylation sites (tertiary alicyclic amines) is 1. The van der Waals surface area contributed by atoms with Crippen molar-refractivity contribution in [1.82, 2.24) is 10.2 Å². The second-order valence-electron chi connectivity index (χ2n) is 7.43. The number of esters is 1. The molecule has 1 aromatic rings. The molecule has 0 spiro atoms. The minimum atomic E-state index is -0.728. The molecule has 1 heterocycles. The summed E-state index contributed by atoms with van der Waals surface area (Å²) in [4.78, 5) is 38.6. The zero-order valence-electron chi connectivity index (χ0n) is 18.7. The van der Waals surface area contributed by atoms with Gasteiger partial charge in [-0.2, -0.15) is 0 Å². The average molecular weight is 433 g/mol. The number of nitrogens with one attached hydrogen (secondary N) is 1. The van der Waals surface area contributed by atoms with E-state index in [9.17, 15) is 14.4 Å². The van der Waals surface area contributed by atoms with Crippen LogP contribution in [0.5, 0.6) is 11.5 Å². The van der Waals surface area contributed by atoms with Crippen LogP contribution in [-0.4, -0.2) is 62.6 Å². The molecular formula is C23H32N2O6. The van der Waals surface area contributed by atoms with Crippen LogP contribution in [0.4, 0.5) is 0 Å². The Morgan fingerprint density at radius 3 is 2.52 bits per heavy atom. The fourth-order valence-corrected chi connectivity index (χ4v) is 3.60. The lowest BCUT2D eigenvalue weighted by Crippen LogP contribution is -2.41. The maximum atomic E-state index is 12.8. The molecule has 170 valence electrons. The van der Waals surface area contributed by atoms with Gasteiger partial charge >= 0.3 is 5.97 Å². The lowest BCUT2D eigenvalue weighted by atomic mass is 10.1. The molecule has 2 atom stereocenters. The highest BCUT2D eigenvalue weighted by atomic mass is 16.5. The van der Waals surface area contributed by atoms with E-state index in [2.05, 4.69) is 12.2 Å². The smallest absolute Gasteiger partial charge is 0.328 e. The second-order valence-corrected chi connectivity index (χ2v) is 7.43. The number of methoxy groups -OCH3 is 3. The summed E-state index contributed by atoms with van der Waals surface area (Å²) in [6.45, 7) is 2.34. The molecule has 0 bridgehead atoms. The van der Waals surface area contributed by atoms with E-state index in [1.165, 1.54) is 18.1 Å². The van der Waals surface area contributed by atoms with Crippen LogP contribution in [-0.2, 0) is 19.1 Å². The summed E-state index contributed by atoms with van der Waals surface area (Å²) < 4.78 is 15.4. The Morgan fingerprint density at radius 2 is 1.87 bits per heavy atom. The normalized spacial score (nSPS) is 18.1. The number of ether oxygens (including phenoxy) is 3. The van der Waals surface area contributed by atoms with Crippen molar-refractivity contribution in [2.45, 2.75) is 51.1 Å². The van der Waals surface area contributed by atoms with Crippen LogP contribution in [0, 0.1) is 0 Å². The van der Waals surface area contributed by atoms with Gasteiger partial charge in [-0.25, -0.2) is 4.79 Å². The first kappa shape index (κ1) is 24.2. The lowest BCUT2D eigenvalue weighted by Gasteiger charge is -2.20. The number of hydrogen-bond acceptors (Lipinski definition) is 6. The van der Waals surface area contributed by atoms with E-state index in [4.69, 9.17) is 14.2 Å². The molecule has 2 rings (SSSR count). The van der Waals surface area contributed by atoms with Gasteiger partial charge in [0.25, 0.3) is 0 Å². The fourth-order valence-electron chi connectivity index (χ4n) is 3.60. The van der Waals surface area contributed by atoms with E-state index in [-0.39, 0.29) is 24.4 Å². The van der Waals surface area contributed by atoms with Crippen molar-refractivity contribution >= 4 is 23.9 Å². The van der Waals surface area contributed by atoms with Gasteiger partial charge in [0.2, 0.25) is 11.8 Å². The first-order valence-electron chi connectivity index (χ1n) is 10.5. The standard InChI is InChI=1S/C23H32N2O6/c1-5-6-7-8-21(26)24-17-14-18(23(28)31-4)25(15-17)22(27)12-10-16-9-11-19(29-2)20(13-16)30-3/h9-13,17-18H,5-8,14-15H2,1-4H3,(H,24,26)/b12-10+. The Hall–Kier alpha value is -3.03. The summed E-state index contributed by atoms with van der Waals surface area (Å²) in [7, 11) is 4.38. The Balaban J connectivity index is 2.07. The van der Waals surface area contributed by atoms with Gasteiger partial charge < -0.3 is 24.4 Å².